The Bertz CT molecular complexity index is 1100. The molecule has 0 aliphatic carbocycles. The van der Waals surface area contributed by atoms with Crippen LogP contribution >= 0.6 is 0 Å². The Morgan fingerprint density at radius 1 is 1.14 bits per heavy atom. The van der Waals surface area contributed by atoms with Crippen LogP contribution in [0.1, 0.15) is 15.9 Å². The summed E-state index contributed by atoms with van der Waals surface area (Å²) in [5.74, 6) is -1.04. The number of halogens is 1. The van der Waals surface area contributed by atoms with Crippen molar-refractivity contribution in [1.82, 2.24) is 14.1 Å². The van der Waals surface area contributed by atoms with E-state index in [1.807, 2.05) is 30.3 Å². The molecule has 7 nitrogen and oxygen atoms in total. The first-order chi connectivity index (χ1) is 13.3. The first kappa shape index (κ1) is 19.7. The highest BCUT2D eigenvalue weighted by Crippen LogP contribution is 2.20. The molecule has 2 aromatic carbocycles. The Kier molecular flexibility index (Phi) is 5.57. The highest BCUT2D eigenvalue weighted by atomic mass is 32.2. The van der Waals surface area contributed by atoms with Crippen LogP contribution in [0.15, 0.2) is 65.7 Å². The molecular formula is C19H19FN4O3S. The van der Waals surface area contributed by atoms with Gasteiger partial charge in [-0.05, 0) is 23.8 Å². The van der Waals surface area contributed by atoms with Gasteiger partial charge >= 0.3 is 0 Å². The molecule has 3 rings (SSSR count). The maximum Gasteiger partial charge on any atom is 0.256 e. The molecule has 0 unspecified atom stereocenters. The average molecular weight is 402 g/mol. The Balaban J connectivity index is 1.84. The molecule has 0 spiro atoms. The smallest absolute Gasteiger partial charge is 0.256 e. The Morgan fingerprint density at radius 3 is 2.54 bits per heavy atom. The van der Waals surface area contributed by atoms with Gasteiger partial charge in [0.15, 0.2) is 0 Å². The molecule has 0 atom stereocenters. The minimum absolute atomic E-state index is 0.0225. The van der Waals surface area contributed by atoms with Gasteiger partial charge in [-0.3, -0.25) is 4.79 Å². The SMILES string of the molecule is CN(C)S(=O)(=O)c1cc(C(=O)Nc2ccnn2Cc2ccccc2)ccc1F. The zero-order chi connectivity index (χ0) is 20.3. The van der Waals surface area contributed by atoms with Crippen LogP contribution in [0, 0.1) is 5.82 Å². The lowest BCUT2D eigenvalue weighted by Gasteiger charge is -2.13. The van der Waals surface area contributed by atoms with Gasteiger partial charge in [0.1, 0.15) is 16.5 Å². The predicted octanol–water partition coefficient (Wildman–Crippen LogP) is 2.57. The second-order valence-electron chi connectivity index (χ2n) is 6.25. The van der Waals surface area contributed by atoms with Crippen LogP contribution in [0.2, 0.25) is 0 Å². The van der Waals surface area contributed by atoms with Gasteiger partial charge in [-0.2, -0.15) is 5.10 Å². The van der Waals surface area contributed by atoms with Crippen molar-refractivity contribution in [3.8, 4) is 0 Å². The lowest BCUT2D eigenvalue weighted by molar-refractivity contribution is 0.102. The molecule has 1 aromatic heterocycles. The van der Waals surface area contributed by atoms with Crippen molar-refractivity contribution in [1.29, 1.82) is 0 Å². The van der Waals surface area contributed by atoms with Crippen molar-refractivity contribution in [2.45, 2.75) is 11.4 Å². The van der Waals surface area contributed by atoms with Gasteiger partial charge in [0, 0.05) is 25.7 Å². The third-order valence-corrected chi connectivity index (χ3v) is 5.92. The second kappa shape index (κ2) is 7.91. The van der Waals surface area contributed by atoms with Crippen LogP contribution < -0.4 is 5.32 Å². The standard InChI is InChI=1S/C19H19FN4O3S/c1-23(2)28(26,27)17-12-15(8-9-16(17)20)19(25)22-18-10-11-21-24(18)13-14-6-4-3-5-7-14/h3-12H,13H2,1-2H3,(H,22,25). The van der Waals surface area contributed by atoms with E-state index in [1.165, 1.54) is 20.2 Å². The number of carbonyl (C=O) groups excluding carboxylic acids is 1. The van der Waals surface area contributed by atoms with Gasteiger partial charge in [0.05, 0.1) is 12.7 Å². The van der Waals surface area contributed by atoms with E-state index >= 15 is 0 Å². The van der Waals surface area contributed by atoms with Crippen LogP contribution in [-0.4, -0.2) is 42.5 Å². The second-order valence-corrected chi connectivity index (χ2v) is 8.37. The predicted molar refractivity (Wildman–Crippen MR) is 103 cm³/mol. The minimum atomic E-state index is -4.01. The summed E-state index contributed by atoms with van der Waals surface area (Å²) in [4.78, 5) is 12.0. The summed E-state index contributed by atoms with van der Waals surface area (Å²) in [6, 6.07) is 14.4. The van der Waals surface area contributed by atoms with Crippen molar-refractivity contribution < 1.29 is 17.6 Å². The molecule has 0 radical (unpaired) electrons. The molecule has 9 heteroatoms. The van der Waals surface area contributed by atoms with Gasteiger partial charge in [0.2, 0.25) is 10.0 Å². The molecular weight excluding hydrogens is 383 g/mol. The number of nitrogens with one attached hydrogen (secondary N) is 1. The quantitative estimate of drug-likeness (QED) is 0.687. The van der Waals surface area contributed by atoms with Crippen molar-refractivity contribution in [3.05, 3.63) is 77.7 Å². The van der Waals surface area contributed by atoms with E-state index in [1.54, 1.807) is 16.9 Å². The van der Waals surface area contributed by atoms with Crippen LogP contribution in [0.3, 0.4) is 0 Å². The summed E-state index contributed by atoms with van der Waals surface area (Å²) >= 11 is 0. The summed E-state index contributed by atoms with van der Waals surface area (Å²) in [6.45, 7) is 0.452. The molecule has 1 amide bonds. The Morgan fingerprint density at radius 2 is 1.86 bits per heavy atom. The number of amides is 1. The largest absolute Gasteiger partial charge is 0.307 e. The molecule has 0 aliphatic heterocycles. The average Bonchev–Trinajstić information content (AvgIpc) is 3.09. The molecule has 1 heterocycles. The maximum atomic E-state index is 14.0. The maximum absolute atomic E-state index is 14.0. The molecule has 0 saturated heterocycles. The van der Waals surface area contributed by atoms with Crippen LogP contribution in [0.4, 0.5) is 10.2 Å². The number of anilines is 1. The first-order valence-electron chi connectivity index (χ1n) is 8.38. The number of benzene rings is 2. The van der Waals surface area contributed by atoms with Crippen LogP contribution in [0.5, 0.6) is 0 Å². The van der Waals surface area contributed by atoms with Crippen LogP contribution in [-0.2, 0) is 16.6 Å². The number of carbonyl (C=O) groups is 1. The summed E-state index contributed by atoms with van der Waals surface area (Å²) in [6.07, 6.45) is 1.55. The summed E-state index contributed by atoms with van der Waals surface area (Å²) in [5.41, 5.74) is 1.03. The fraction of sp³-hybridized carbons (Fsp3) is 0.158. The van der Waals surface area contributed by atoms with Crippen molar-refractivity contribution in [2.75, 3.05) is 19.4 Å². The van der Waals surface area contributed by atoms with Crippen molar-refractivity contribution in [3.63, 3.8) is 0 Å². The highest BCUT2D eigenvalue weighted by Gasteiger charge is 2.23. The summed E-state index contributed by atoms with van der Waals surface area (Å²) in [7, 11) is -1.42. The number of aromatic nitrogens is 2. The molecule has 0 fully saturated rings. The van der Waals surface area contributed by atoms with E-state index in [-0.39, 0.29) is 5.56 Å². The van der Waals surface area contributed by atoms with Crippen molar-refractivity contribution in [2.24, 2.45) is 0 Å². The minimum Gasteiger partial charge on any atom is -0.307 e. The number of hydrogen-bond acceptors (Lipinski definition) is 4. The molecule has 1 N–H and O–H groups in total. The Labute approximate surface area is 162 Å². The normalized spacial score (nSPS) is 11.6. The van der Waals surface area contributed by atoms with Gasteiger partial charge in [-0.25, -0.2) is 21.8 Å². The fourth-order valence-corrected chi connectivity index (χ4v) is 3.53. The number of hydrogen-bond donors (Lipinski definition) is 1. The summed E-state index contributed by atoms with van der Waals surface area (Å²) < 4.78 is 41.0. The molecule has 0 aliphatic rings. The Hall–Kier alpha value is -3.04. The molecule has 3 aromatic rings. The highest BCUT2D eigenvalue weighted by molar-refractivity contribution is 7.89. The van der Waals surface area contributed by atoms with E-state index in [2.05, 4.69) is 10.4 Å². The zero-order valence-corrected chi connectivity index (χ0v) is 16.1. The third-order valence-electron chi connectivity index (χ3n) is 4.09. The van der Waals surface area contributed by atoms with E-state index in [0.29, 0.717) is 12.4 Å². The van der Waals surface area contributed by atoms with Crippen molar-refractivity contribution >= 4 is 21.7 Å². The lowest BCUT2D eigenvalue weighted by Crippen LogP contribution is -2.24. The monoisotopic (exact) mass is 402 g/mol. The molecule has 146 valence electrons. The topological polar surface area (TPSA) is 84.3 Å². The number of sulfonamides is 1. The van der Waals surface area contributed by atoms with E-state index < -0.39 is 26.6 Å². The summed E-state index contributed by atoms with van der Waals surface area (Å²) in [5, 5.41) is 6.88. The lowest BCUT2D eigenvalue weighted by atomic mass is 10.2. The molecule has 0 bridgehead atoms. The zero-order valence-electron chi connectivity index (χ0n) is 15.3. The van der Waals surface area contributed by atoms with Gasteiger partial charge < -0.3 is 5.32 Å². The van der Waals surface area contributed by atoms with E-state index in [0.717, 1.165) is 22.0 Å². The van der Waals surface area contributed by atoms with Gasteiger partial charge in [0.25, 0.3) is 5.91 Å². The molecule has 0 saturated carbocycles. The first-order valence-corrected chi connectivity index (χ1v) is 9.82. The van der Waals surface area contributed by atoms with E-state index in [9.17, 15) is 17.6 Å². The fourth-order valence-electron chi connectivity index (χ4n) is 2.55. The number of nitrogens with zero attached hydrogens (tertiary/aromatic N) is 3. The van der Waals surface area contributed by atoms with Gasteiger partial charge in [-0.15, -0.1) is 0 Å². The number of rotatable bonds is 6. The van der Waals surface area contributed by atoms with Crippen LogP contribution in [0.25, 0.3) is 0 Å². The van der Waals surface area contributed by atoms with Gasteiger partial charge in [-0.1, -0.05) is 30.3 Å². The van der Waals surface area contributed by atoms with E-state index in [4.69, 9.17) is 0 Å². The third kappa shape index (κ3) is 4.10. The molecule has 28 heavy (non-hydrogen) atoms.